The molecule has 2 aromatic heterocycles. The predicted octanol–water partition coefficient (Wildman–Crippen LogP) is 3.23. The number of rotatable bonds is 6. The molecule has 0 unspecified atom stereocenters. The summed E-state index contributed by atoms with van der Waals surface area (Å²) in [5.41, 5.74) is 8.26. The molecule has 0 bridgehead atoms. The largest absolute Gasteiger partial charge is 0.366 e. The first kappa shape index (κ1) is 18.9. The number of amides is 1. The third kappa shape index (κ3) is 4.20. The van der Waals surface area contributed by atoms with E-state index in [1.165, 1.54) is 11.8 Å². The minimum Gasteiger partial charge on any atom is -0.366 e. The Morgan fingerprint density at radius 1 is 1.03 bits per heavy atom. The van der Waals surface area contributed by atoms with Crippen molar-refractivity contribution < 1.29 is 4.79 Å². The smallest absolute Gasteiger partial charge is 0.262 e. The summed E-state index contributed by atoms with van der Waals surface area (Å²) >= 11 is 1.45. The maximum Gasteiger partial charge on any atom is 0.262 e. The summed E-state index contributed by atoms with van der Waals surface area (Å²) in [6, 6.07) is 18.3. The van der Waals surface area contributed by atoms with E-state index in [4.69, 9.17) is 10.7 Å². The molecule has 6 nitrogen and oxygen atoms in total. The van der Waals surface area contributed by atoms with Crippen molar-refractivity contribution in [2.45, 2.75) is 17.5 Å². The minimum atomic E-state index is -0.464. The summed E-state index contributed by atoms with van der Waals surface area (Å²) in [5, 5.41) is 1.19. The van der Waals surface area contributed by atoms with Gasteiger partial charge in [-0.3, -0.25) is 19.1 Å². The van der Waals surface area contributed by atoms with E-state index in [9.17, 15) is 9.59 Å². The summed E-state index contributed by atoms with van der Waals surface area (Å²) in [4.78, 5) is 33.4. The number of aromatic nitrogens is 3. The highest BCUT2D eigenvalue weighted by molar-refractivity contribution is 7.98. The molecule has 0 aliphatic heterocycles. The first-order valence-electron chi connectivity index (χ1n) is 9.02. The molecule has 0 fully saturated rings. The second kappa shape index (κ2) is 8.28. The fraction of sp³-hybridized carbons (Fsp3) is 0.0909. The summed E-state index contributed by atoms with van der Waals surface area (Å²) in [6.45, 7) is 0.383. The van der Waals surface area contributed by atoms with Crippen LogP contribution in [0.15, 0.2) is 83.0 Å². The molecule has 0 aliphatic rings. The van der Waals surface area contributed by atoms with Crippen molar-refractivity contribution in [2.75, 3.05) is 0 Å². The number of hydrogen-bond acceptors (Lipinski definition) is 5. The van der Waals surface area contributed by atoms with Crippen molar-refractivity contribution in [3.8, 4) is 0 Å². The van der Waals surface area contributed by atoms with Gasteiger partial charge in [-0.1, -0.05) is 42.1 Å². The van der Waals surface area contributed by atoms with Crippen LogP contribution in [0.1, 0.15) is 21.5 Å². The quantitative estimate of drug-likeness (QED) is 0.395. The summed E-state index contributed by atoms with van der Waals surface area (Å²) in [6.07, 6.45) is 3.44. The zero-order chi connectivity index (χ0) is 20.2. The molecule has 4 rings (SSSR count). The predicted molar refractivity (Wildman–Crippen MR) is 114 cm³/mol. The van der Waals surface area contributed by atoms with Crippen LogP contribution in [-0.2, 0) is 12.3 Å². The number of thioether (sulfide) groups is 1. The van der Waals surface area contributed by atoms with Crippen molar-refractivity contribution in [1.82, 2.24) is 14.5 Å². The Morgan fingerprint density at radius 2 is 1.86 bits per heavy atom. The molecule has 2 N–H and O–H groups in total. The normalized spacial score (nSPS) is 10.9. The van der Waals surface area contributed by atoms with E-state index in [-0.39, 0.29) is 5.56 Å². The van der Waals surface area contributed by atoms with Crippen LogP contribution in [-0.4, -0.2) is 20.4 Å². The van der Waals surface area contributed by atoms with Gasteiger partial charge in [-0.25, -0.2) is 4.98 Å². The highest BCUT2D eigenvalue weighted by Crippen LogP contribution is 2.23. The van der Waals surface area contributed by atoms with Crippen molar-refractivity contribution >= 4 is 28.6 Å². The monoisotopic (exact) mass is 402 g/mol. The van der Waals surface area contributed by atoms with E-state index in [2.05, 4.69) is 4.98 Å². The van der Waals surface area contributed by atoms with Crippen LogP contribution in [0.25, 0.3) is 10.9 Å². The molecule has 0 saturated heterocycles. The van der Waals surface area contributed by atoms with Gasteiger partial charge in [0.1, 0.15) is 0 Å². The van der Waals surface area contributed by atoms with Crippen molar-refractivity contribution in [3.63, 3.8) is 0 Å². The van der Waals surface area contributed by atoms with Crippen LogP contribution < -0.4 is 11.3 Å². The molecule has 1 amide bonds. The Balaban J connectivity index is 1.72. The van der Waals surface area contributed by atoms with E-state index < -0.39 is 5.91 Å². The van der Waals surface area contributed by atoms with Crippen LogP contribution in [0.3, 0.4) is 0 Å². The van der Waals surface area contributed by atoms with Crippen LogP contribution in [0.5, 0.6) is 0 Å². The number of pyridine rings is 1. The lowest BCUT2D eigenvalue weighted by atomic mass is 10.1. The Hall–Kier alpha value is -3.45. The van der Waals surface area contributed by atoms with Gasteiger partial charge in [-0.15, -0.1) is 0 Å². The molecule has 2 aromatic carbocycles. The lowest BCUT2D eigenvalue weighted by Crippen LogP contribution is -2.24. The summed E-state index contributed by atoms with van der Waals surface area (Å²) < 4.78 is 1.67. The number of carbonyl (C=O) groups is 1. The lowest BCUT2D eigenvalue weighted by molar-refractivity contribution is 0.1000. The molecular weight excluding hydrogens is 384 g/mol. The first-order valence-corrected chi connectivity index (χ1v) is 10.0. The second-order valence-corrected chi connectivity index (χ2v) is 7.46. The summed E-state index contributed by atoms with van der Waals surface area (Å²) in [7, 11) is 0. The number of para-hydroxylation sites is 1. The Kier molecular flexibility index (Phi) is 5.39. The minimum absolute atomic E-state index is 0.0900. The fourth-order valence-electron chi connectivity index (χ4n) is 3.03. The van der Waals surface area contributed by atoms with Gasteiger partial charge in [0.2, 0.25) is 5.91 Å². The molecule has 0 radical (unpaired) electrons. The van der Waals surface area contributed by atoms with Gasteiger partial charge in [0.05, 0.1) is 17.4 Å². The Bertz CT molecular complexity index is 1240. The summed E-state index contributed by atoms with van der Waals surface area (Å²) in [5.74, 6) is 0.0908. The zero-order valence-electron chi connectivity index (χ0n) is 15.5. The molecule has 7 heteroatoms. The van der Waals surface area contributed by atoms with E-state index in [1.807, 2.05) is 36.4 Å². The van der Waals surface area contributed by atoms with Crippen molar-refractivity contribution in [2.24, 2.45) is 5.73 Å². The standard InChI is InChI=1S/C22H18N4O2S/c23-20(27)17-7-3-5-15(11-17)14-29-22-25-19-9-2-1-8-18(19)21(28)26(22)13-16-6-4-10-24-12-16/h1-12H,13-14H2,(H2,23,27). The number of hydrogen-bond donors (Lipinski definition) is 1. The molecule has 4 aromatic rings. The van der Waals surface area contributed by atoms with E-state index >= 15 is 0 Å². The maximum atomic E-state index is 13.1. The molecule has 0 atom stereocenters. The third-order valence-electron chi connectivity index (χ3n) is 4.47. The number of nitrogens with zero attached hydrogens (tertiary/aromatic N) is 3. The van der Waals surface area contributed by atoms with Crippen molar-refractivity contribution in [3.05, 3.63) is 100 Å². The number of carbonyl (C=O) groups excluding carboxylic acids is 1. The average Bonchev–Trinajstić information content (AvgIpc) is 2.75. The topological polar surface area (TPSA) is 90.9 Å². The molecular formula is C22H18N4O2S. The molecule has 29 heavy (non-hydrogen) atoms. The molecule has 144 valence electrons. The van der Waals surface area contributed by atoms with Crippen molar-refractivity contribution in [1.29, 1.82) is 0 Å². The number of primary amides is 1. The molecule has 2 heterocycles. The van der Waals surface area contributed by atoms with Gasteiger partial charge >= 0.3 is 0 Å². The van der Waals surface area contributed by atoms with Gasteiger partial charge in [-0.2, -0.15) is 0 Å². The number of nitrogens with two attached hydrogens (primary N) is 1. The number of benzene rings is 2. The average molecular weight is 402 g/mol. The Labute approximate surface area is 171 Å². The van der Waals surface area contributed by atoms with Crippen LogP contribution in [0, 0.1) is 0 Å². The van der Waals surface area contributed by atoms with E-state index in [0.29, 0.717) is 33.9 Å². The SMILES string of the molecule is NC(=O)c1cccc(CSc2nc3ccccc3c(=O)n2Cc2cccnc2)c1. The Morgan fingerprint density at radius 3 is 2.66 bits per heavy atom. The van der Waals surface area contributed by atoms with E-state index in [0.717, 1.165) is 11.1 Å². The van der Waals surface area contributed by atoms with Gasteiger partial charge < -0.3 is 5.73 Å². The van der Waals surface area contributed by atoms with Gasteiger partial charge in [0.25, 0.3) is 5.56 Å². The fourth-order valence-corrected chi connectivity index (χ4v) is 3.98. The van der Waals surface area contributed by atoms with Crippen LogP contribution in [0.2, 0.25) is 0 Å². The van der Waals surface area contributed by atoms with E-state index in [1.54, 1.807) is 41.2 Å². The van der Waals surface area contributed by atoms with Gasteiger partial charge in [-0.05, 0) is 41.5 Å². The lowest BCUT2D eigenvalue weighted by Gasteiger charge is -2.13. The maximum absolute atomic E-state index is 13.1. The molecule has 0 saturated carbocycles. The third-order valence-corrected chi connectivity index (χ3v) is 5.52. The van der Waals surface area contributed by atoms with Crippen LogP contribution >= 0.6 is 11.8 Å². The first-order chi connectivity index (χ1) is 14.1. The molecule has 0 spiro atoms. The number of fused-ring (bicyclic) bond motifs is 1. The highest BCUT2D eigenvalue weighted by atomic mass is 32.2. The second-order valence-electron chi connectivity index (χ2n) is 6.52. The van der Waals surface area contributed by atoms with Crippen LogP contribution in [0.4, 0.5) is 0 Å². The molecule has 0 aliphatic carbocycles. The zero-order valence-corrected chi connectivity index (χ0v) is 16.3. The highest BCUT2D eigenvalue weighted by Gasteiger charge is 2.13. The van der Waals surface area contributed by atoms with Gasteiger partial charge in [0, 0.05) is 23.7 Å². The van der Waals surface area contributed by atoms with Gasteiger partial charge in [0.15, 0.2) is 5.16 Å².